The highest BCUT2D eigenvalue weighted by molar-refractivity contribution is 7.91. The molecule has 0 spiro atoms. The van der Waals surface area contributed by atoms with Crippen LogP contribution in [0, 0.1) is 0 Å². The molecule has 9 aromatic carbocycles. The number of imidazole rings is 3. The minimum Gasteiger partial charge on any atom is -0.334 e. The third-order valence-electron chi connectivity index (χ3n) is 20.2. The van der Waals surface area contributed by atoms with Crippen LogP contribution in [0.25, 0.3) is 84.6 Å². The average molecular weight is 1700 g/mol. The van der Waals surface area contributed by atoms with Crippen LogP contribution in [0.1, 0.15) is 111 Å². The summed E-state index contributed by atoms with van der Waals surface area (Å²) < 4.78 is 202. The Morgan fingerprint density at radius 2 is 0.669 bits per heavy atom. The number of amides is 2. The fourth-order valence-corrected chi connectivity index (χ4v) is 16.6. The maximum Gasteiger partial charge on any atom is 0.417 e. The number of likely N-dealkylation sites (tertiary alicyclic amines) is 2. The highest BCUT2D eigenvalue weighted by Gasteiger charge is 2.40. The molecule has 614 valence electrons. The Hall–Kier alpha value is -11.3. The van der Waals surface area contributed by atoms with Crippen LogP contribution >= 0.6 is 11.6 Å². The molecule has 0 saturated carbocycles. The van der Waals surface area contributed by atoms with E-state index in [1.54, 1.807) is 176 Å². The second-order valence-electron chi connectivity index (χ2n) is 28.6. The van der Waals surface area contributed by atoms with Crippen LogP contribution in [0.5, 0.6) is 0 Å². The lowest BCUT2D eigenvalue weighted by atomic mass is 10.0. The number of rotatable bonds is 15. The number of hydrogen-bond acceptors (Lipinski definition) is 13. The number of sulfone groups is 3. The van der Waals surface area contributed by atoms with Crippen molar-refractivity contribution in [2.24, 2.45) is 0 Å². The minimum absolute atomic E-state index is 0.0129. The standard InChI is InChI=1S/2C29H26F3N3O3S.C27H24F3N3O2S.C2H3ClO/c2*1-19(36)34-16-6-11-27(34)26-18-35(28(33-26)24-9-3-4-10-25(24)29(30,31)32)22-14-12-20(13-15-22)21-7-5-8-23(17-21)39(2,37)38;1-36(34,35)21-7-4-6-19(16-21)18-11-13-20(14-12-18)33-17-25(24-10-5-15-31-24)32-26(33)22-8-2-3-9-23(22)27(28,29)30;1-2(3)4/h2*3-5,7-10,12-15,17-18,27H,6,11,16H2,1-2H3;2-4,6-9,11-14,16-17,24,31H,5,10,15H2,1H3;1H3/t2*27-;24-;/m111./s1. The SMILES string of the molecule is CC(=O)Cl.CC(=O)N1CCC[C@@H]1c1cn(-c2ccc(-c3cccc(S(C)(=O)=O)c3)cc2)c(-c2ccccc2C(F)(F)F)n1.CC(=O)N1CCC[C@@H]1c1cn(-c2ccc(-c3cccc(S(C)(=O)=O)c3)cc2)c(-c2ccccc2C(F)(F)F)n1.CS(=O)(=O)c1cccc(-c2ccc(-n3cc([C@H]4CCCN4)nc3-c3ccccc3C(F)(F)F)cc2)c1. The third-order valence-corrected chi connectivity index (χ3v) is 23.6. The van der Waals surface area contributed by atoms with Gasteiger partial charge in [-0.3, -0.25) is 28.1 Å². The Labute approximate surface area is 681 Å². The van der Waals surface area contributed by atoms with Gasteiger partial charge < -0.3 is 15.1 Å². The van der Waals surface area contributed by atoms with Crippen LogP contribution in [-0.2, 0) is 62.4 Å². The van der Waals surface area contributed by atoms with E-state index in [0.717, 1.165) is 91.4 Å². The van der Waals surface area contributed by atoms with E-state index in [1.807, 2.05) is 18.2 Å². The summed E-state index contributed by atoms with van der Waals surface area (Å²) in [5, 5.41) is 3.00. The molecule has 0 bridgehead atoms. The van der Waals surface area contributed by atoms with Gasteiger partial charge in [0.2, 0.25) is 17.1 Å². The molecule has 3 atom stereocenters. The number of carbonyl (C=O) groups excluding carboxylic acids is 3. The number of aromatic nitrogens is 6. The van der Waals surface area contributed by atoms with E-state index in [9.17, 15) is 79.2 Å². The highest BCUT2D eigenvalue weighted by atomic mass is 35.5. The summed E-state index contributed by atoms with van der Waals surface area (Å²) in [5.41, 5.74) is 5.53. The molecule has 15 rings (SSSR count). The predicted molar refractivity (Wildman–Crippen MR) is 433 cm³/mol. The molecule has 0 unspecified atom stereocenters. The zero-order chi connectivity index (χ0) is 85.0. The van der Waals surface area contributed by atoms with E-state index in [1.165, 1.54) is 69.3 Å². The van der Waals surface area contributed by atoms with Crippen molar-refractivity contribution in [1.82, 2.24) is 43.8 Å². The largest absolute Gasteiger partial charge is 0.417 e. The maximum absolute atomic E-state index is 14.0. The van der Waals surface area contributed by atoms with Crippen LogP contribution in [0.4, 0.5) is 39.5 Å². The predicted octanol–water partition coefficient (Wildman–Crippen LogP) is 19.4. The molecular formula is C87H79ClF9N9O9S3. The first-order valence-electron chi connectivity index (χ1n) is 37.2. The van der Waals surface area contributed by atoms with Gasteiger partial charge in [0.25, 0.3) is 0 Å². The van der Waals surface area contributed by atoms with Gasteiger partial charge in [0.15, 0.2) is 29.5 Å². The molecule has 12 aromatic rings. The van der Waals surface area contributed by atoms with Gasteiger partial charge in [-0.2, -0.15) is 39.5 Å². The maximum atomic E-state index is 14.0. The quantitative estimate of drug-likeness (QED) is 0.0745. The molecule has 3 aromatic heterocycles. The molecule has 31 heteroatoms. The highest BCUT2D eigenvalue weighted by Crippen LogP contribution is 2.44. The molecule has 3 aliphatic heterocycles. The number of nitrogens with zero attached hydrogens (tertiary/aromatic N) is 8. The molecule has 18 nitrogen and oxygen atoms in total. The molecule has 3 fully saturated rings. The van der Waals surface area contributed by atoms with Crippen LogP contribution in [-0.4, -0.2) is 119 Å². The Morgan fingerprint density at radius 3 is 0.941 bits per heavy atom. The Bertz CT molecular complexity index is 5820. The van der Waals surface area contributed by atoms with Crippen LogP contribution in [0.3, 0.4) is 0 Å². The zero-order valence-corrected chi connectivity index (χ0v) is 67.6. The second-order valence-corrected chi connectivity index (χ2v) is 35.2. The van der Waals surface area contributed by atoms with Gasteiger partial charge in [0.1, 0.15) is 17.5 Å². The normalized spacial score (nSPS) is 15.8. The van der Waals surface area contributed by atoms with Crippen LogP contribution in [0.15, 0.2) is 252 Å². The van der Waals surface area contributed by atoms with Crippen molar-refractivity contribution in [2.45, 2.75) is 111 Å². The van der Waals surface area contributed by atoms with E-state index in [4.69, 9.17) is 0 Å². The molecule has 1 N–H and O–H groups in total. The Kier molecular flexibility index (Phi) is 25.6. The van der Waals surface area contributed by atoms with Crippen molar-refractivity contribution >= 4 is 58.2 Å². The Morgan fingerprint density at radius 1 is 0.381 bits per heavy atom. The second kappa shape index (κ2) is 35.1. The summed E-state index contributed by atoms with van der Waals surface area (Å²) in [6.07, 6.45) is -0.279. The zero-order valence-electron chi connectivity index (χ0n) is 64.4. The van der Waals surface area contributed by atoms with Gasteiger partial charge >= 0.3 is 18.5 Å². The number of hydrogen-bond donors (Lipinski definition) is 1. The average Bonchev–Trinajstić information content (AvgIpc) is 1.63. The molecule has 0 aliphatic carbocycles. The van der Waals surface area contributed by atoms with Gasteiger partial charge in [-0.15, -0.1) is 0 Å². The molecule has 2 amide bonds. The minimum atomic E-state index is -4.58. The van der Waals surface area contributed by atoms with Crippen molar-refractivity contribution in [3.05, 3.63) is 271 Å². The lowest BCUT2D eigenvalue weighted by molar-refractivity contribution is -0.137. The summed E-state index contributed by atoms with van der Waals surface area (Å²) in [7, 11) is -10.1. The molecule has 6 heterocycles. The summed E-state index contributed by atoms with van der Waals surface area (Å²) >= 11 is 4.64. The van der Waals surface area contributed by atoms with Crippen molar-refractivity contribution < 1.29 is 79.2 Å². The van der Waals surface area contributed by atoms with Gasteiger partial charge in [-0.1, -0.05) is 127 Å². The summed E-state index contributed by atoms with van der Waals surface area (Å²) in [6, 6.07) is 56.6. The fourth-order valence-electron chi connectivity index (χ4n) is 14.6. The first kappa shape index (κ1) is 86.0. The molecule has 3 saturated heterocycles. The topological polar surface area (TPSA) is 226 Å². The van der Waals surface area contributed by atoms with E-state index >= 15 is 0 Å². The molecule has 3 aliphatic rings. The number of nitrogens with one attached hydrogen (secondary N) is 1. The van der Waals surface area contributed by atoms with E-state index in [2.05, 4.69) is 31.9 Å². The van der Waals surface area contributed by atoms with Gasteiger partial charge in [-0.05, 0) is 181 Å². The third kappa shape index (κ3) is 20.1. The summed E-state index contributed by atoms with van der Waals surface area (Å²) in [6.45, 7) is 6.24. The lowest BCUT2D eigenvalue weighted by Crippen LogP contribution is -2.28. The van der Waals surface area contributed by atoms with E-state index in [0.29, 0.717) is 71.2 Å². The summed E-state index contributed by atoms with van der Waals surface area (Å²) in [4.78, 5) is 51.6. The van der Waals surface area contributed by atoms with Crippen LogP contribution in [0.2, 0.25) is 0 Å². The molecule has 0 radical (unpaired) electrons. The van der Waals surface area contributed by atoms with Crippen LogP contribution < -0.4 is 5.32 Å². The number of alkyl halides is 9. The van der Waals surface area contributed by atoms with E-state index < -0.39 is 64.7 Å². The molecule has 118 heavy (non-hydrogen) atoms. The number of benzene rings is 9. The Balaban J connectivity index is 0.000000159. The van der Waals surface area contributed by atoms with Gasteiger partial charge in [-0.25, -0.2) is 40.2 Å². The first-order valence-corrected chi connectivity index (χ1v) is 43.2. The van der Waals surface area contributed by atoms with E-state index in [-0.39, 0.29) is 84.0 Å². The van der Waals surface area contributed by atoms with Crippen molar-refractivity contribution in [1.29, 1.82) is 0 Å². The van der Waals surface area contributed by atoms with Crippen molar-refractivity contribution in [3.8, 4) is 84.6 Å². The first-order chi connectivity index (χ1) is 55.7. The van der Waals surface area contributed by atoms with Gasteiger partial charge in [0.05, 0.1) is 66.6 Å². The van der Waals surface area contributed by atoms with Crippen molar-refractivity contribution in [2.75, 3.05) is 38.4 Å². The van der Waals surface area contributed by atoms with Gasteiger partial charge in [0, 0.05) is 105 Å². The monoisotopic (exact) mass is 1700 g/mol. The molecular weight excluding hydrogens is 1620 g/mol. The number of carbonyl (C=O) groups is 3. The number of halogens is 10. The fraction of sp³-hybridized carbons (Fsp3) is 0.241. The smallest absolute Gasteiger partial charge is 0.334 e. The summed E-state index contributed by atoms with van der Waals surface area (Å²) in [5.74, 6) is 0.258. The van der Waals surface area contributed by atoms with Crippen molar-refractivity contribution in [3.63, 3.8) is 0 Å². The lowest BCUT2D eigenvalue weighted by Gasteiger charge is -2.21.